The van der Waals surface area contributed by atoms with Gasteiger partial charge in [-0.2, -0.15) is 0 Å². The van der Waals surface area contributed by atoms with Gasteiger partial charge in [-0.15, -0.1) is 0 Å². The quantitative estimate of drug-likeness (QED) is 0.510. The van der Waals surface area contributed by atoms with Crippen molar-refractivity contribution in [2.24, 2.45) is 0 Å². The number of nitrogens with zero attached hydrogens (tertiary/aromatic N) is 1. The summed E-state index contributed by atoms with van der Waals surface area (Å²) in [7, 11) is 1.90. The number of benzene rings is 2. The first-order valence-corrected chi connectivity index (χ1v) is 11.5. The van der Waals surface area contributed by atoms with E-state index in [4.69, 9.17) is 14.2 Å². The largest absolute Gasteiger partial charge is 0.494 e. The summed E-state index contributed by atoms with van der Waals surface area (Å²) in [5.74, 6) is 1.03. The molecule has 3 rings (SSSR count). The summed E-state index contributed by atoms with van der Waals surface area (Å²) in [4.78, 5) is 27.5. The lowest BCUT2D eigenvalue weighted by molar-refractivity contribution is -0.139. The van der Waals surface area contributed by atoms with Crippen LogP contribution in [0.3, 0.4) is 0 Å². The molecule has 1 atom stereocenters. The molecule has 182 valence electrons. The van der Waals surface area contributed by atoms with E-state index in [-0.39, 0.29) is 18.7 Å². The van der Waals surface area contributed by atoms with Crippen molar-refractivity contribution in [3.8, 4) is 11.5 Å². The summed E-state index contributed by atoms with van der Waals surface area (Å²) < 4.78 is 16.6. The molecule has 1 aliphatic rings. The number of anilines is 1. The maximum atomic E-state index is 13.0. The van der Waals surface area contributed by atoms with Gasteiger partial charge in [-0.3, -0.25) is 0 Å². The fraction of sp³-hybridized carbons (Fsp3) is 0.385. The molecule has 0 spiro atoms. The van der Waals surface area contributed by atoms with Crippen LogP contribution >= 0.6 is 0 Å². The number of carbonyl (C=O) groups excluding carboxylic acids is 2. The van der Waals surface area contributed by atoms with Crippen LogP contribution in [0.25, 0.3) is 0 Å². The van der Waals surface area contributed by atoms with Crippen molar-refractivity contribution in [3.05, 3.63) is 65.4 Å². The standard InChI is InChI=1S/C26H33N3O5/c1-6-32-20-14-10-19(11-15-20)29(5)16-22-23(25(30)33-7-2)24(28-26(31)27-22)18-8-12-21(13-9-18)34-17(3)4/h8-15,17,24H,6-7,16H2,1-5H3,(H2,27,28,31)/t24-/m0/s1. The van der Waals surface area contributed by atoms with E-state index >= 15 is 0 Å². The van der Waals surface area contributed by atoms with Crippen LogP contribution in [-0.2, 0) is 9.53 Å². The molecule has 0 fully saturated rings. The first-order valence-electron chi connectivity index (χ1n) is 11.5. The van der Waals surface area contributed by atoms with E-state index in [0.717, 1.165) is 22.7 Å². The highest BCUT2D eigenvalue weighted by Crippen LogP contribution is 2.30. The van der Waals surface area contributed by atoms with Gasteiger partial charge >= 0.3 is 12.0 Å². The number of hydrogen-bond acceptors (Lipinski definition) is 6. The lowest BCUT2D eigenvalue weighted by atomic mass is 9.95. The Hall–Kier alpha value is -3.68. The van der Waals surface area contributed by atoms with Crippen LogP contribution in [0, 0.1) is 0 Å². The molecule has 0 saturated heterocycles. The summed E-state index contributed by atoms with van der Waals surface area (Å²) in [5.41, 5.74) is 2.54. The minimum atomic E-state index is -0.648. The number of esters is 1. The molecule has 0 radical (unpaired) electrons. The molecular weight excluding hydrogens is 434 g/mol. The molecule has 0 unspecified atom stereocenters. The van der Waals surface area contributed by atoms with Crippen molar-refractivity contribution in [1.82, 2.24) is 10.6 Å². The summed E-state index contributed by atoms with van der Waals surface area (Å²) >= 11 is 0. The van der Waals surface area contributed by atoms with Crippen molar-refractivity contribution < 1.29 is 23.8 Å². The number of ether oxygens (including phenoxy) is 3. The zero-order chi connectivity index (χ0) is 24.7. The van der Waals surface area contributed by atoms with Crippen LogP contribution in [-0.4, -0.2) is 44.9 Å². The first-order chi connectivity index (χ1) is 16.3. The van der Waals surface area contributed by atoms with Crippen molar-refractivity contribution in [3.63, 3.8) is 0 Å². The Kier molecular flexibility index (Phi) is 8.40. The van der Waals surface area contributed by atoms with Gasteiger partial charge in [-0.05, 0) is 69.7 Å². The fourth-order valence-corrected chi connectivity index (χ4v) is 3.75. The molecule has 0 bridgehead atoms. The Morgan fingerprint density at radius 3 is 2.24 bits per heavy atom. The predicted octanol–water partition coefficient (Wildman–Crippen LogP) is 4.18. The van der Waals surface area contributed by atoms with Crippen LogP contribution < -0.4 is 25.0 Å². The fourth-order valence-electron chi connectivity index (χ4n) is 3.75. The molecule has 2 amide bonds. The minimum Gasteiger partial charge on any atom is -0.494 e. The van der Waals surface area contributed by atoms with Gasteiger partial charge in [0, 0.05) is 12.7 Å². The number of hydrogen-bond donors (Lipinski definition) is 2. The Morgan fingerprint density at radius 1 is 1.00 bits per heavy atom. The molecule has 0 aliphatic carbocycles. The van der Waals surface area contributed by atoms with Gasteiger partial charge < -0.3 is 29.7 Å². The summed E-state index contributed by atoms with van der Waals surface area (Å²) in [5, 5.41) is 5.68. The molecule has 2 N–H and O–H groups in total. The summed E-state index contributed by atoms with van der Waals surface area (Å²) in [6, 6.07) is 14.0. The van der Waals surface area contributed by atoms with Gasteiger partial charge in [-0.25, -0.2) is 9.59 Å². The maximum absolute atomic E-state index is 13.0. The van der Waals surface area contributed by atoms with E-state index in [1.54, 1.807) is 6.92 Å². The number of rotatable bonds is 10. The van der Waals surface area contributed by atoms with Crippen LogP contribution in [0.4, 0.5) is 10.5 Å². The molecular formula is C26H33N3O5. The van der Waals surface area contributed by atoms with Crippen molar-refractivity contribution >= 4 is 17.7 Å². The summed E-state index contributed by atoms with van der Waals surface area (Å²) in [6.07, 6.45) is 0.0455. The van der Waals surface area contributed by atoms with Crippen LogP contribution in [0.15, 0.2) is 59.8 Å². The highest BCUT2D eigenvalue weighted by molar-refractivity contribution is 5.95. The molecule has 1 aliphatic heterocycles. The minimum absolute atomic E-state index is 0.0455. The average Bonchev–Trinajstić information content (AvgIpc) is 2.79. The van der Waals surface area contributed by atoms with Crippen molar-refractivity contribution in [1.29, 1.82) is 0 Å². The second kappa shape index (κ2) is 11.4. The van der Waals surface area contributed by atoms with Crippen LogP contribution in [0.5, 0.6) is 11.5 Å². The number of carbonyl (C=O) groups is 2. The van der Waals surface area contributed by atoms with E-state index in [9.17, 15) is 9.59 Å². The topological polar surface area (TPSA) is 89.1 Å². The molecule has 1 heterocycles. The smallest absolute Gasteiger partial charge is 0.338 e. The normalized spacial score (nSPS) is 15.5. The molecule has 0 aromatic heterocycles. The second-order valence-corrected chi connectivity index (χ2v) is 8.16. The van der Waals surface area contributed by atoms with E-state index in [2.05, 4.69) is 10.6 Å². The third-order valence-corrected chi connectivity index (χ3v) is 5.22. The van der Waals surface area contributed by atoms with E-state index in [1.807, 2.05) is 81.2 Å². The lowest BCUT2D eigenvalue weighted by Gasteiger charge is -2.31. The molecule has 2 aromatic rings. The van der Waals surface area contributed by atoms with Crippen LogP contribution in [0.2, 0.25) is 0 Å². The average molecular weight is 468 g/mol. The molecule has 34 heavy (non-hydrogen) atoms. The summed E-state index contributed by atoms with van der Waals surface area (Å²) in [6.45, 7) is 8.73. The Balaban J connectivity index is 1.93. The van der Waals surface area contributed by atoms with E-state index in [1.165, 1.54) is 0 Å². The Morgan fingerprint density at radius 2 is 1.65 bits per heavy atom. The van der Waals surface area contributed by atoms with E-state index in [0.29, 0.717) is 24.4 Å². The zero-order valence-corrected chi connectivity index (χ0v) is 20.4. The zero-order valence-electron chi connectivity index (χ0n) is 20.4. The number of likely N-dealkylation sites (N-methyl/N-ethyl adjacent to an activating group) is 1. The van der Waals surface area contributed by atoms with Gasteiger partial charge in [0.05, 0.1) is 43.2 Å². The first kappa shape index (κ1) is 25.0. The van der Waals surface area contributed by atoms with Gasteiger partial charge in [0.1, 0.15) is 11.5 Å². The highest BCUT2D eigenvalue weighted by Gasteiger charge is 2.34. The highest BCUT2D eigenvalue weighted by atomic mass is 16.5. The molecule has 2 aromatic carbocycles. The van der Waals surface area contributed by atoms with Gasteiger partial charge in [0.15, 0.2) is 0 Å². The third kappa shape index (κ3) is 6.21. The number of urea groups is 1. The predicted molar refractivity (Wildman–Crippen MR) is 131 cm³/mol. The Labute approximate surface area is 200 Å². The van der Waals surface area contributed by atoms with Gasteiger partial charge in [-0.1, -0.05) is 12.1 Å². The van der Waals surface area contributed by atoms with E-state index < -0.39 is 12.0 Å². The third-order valence-electron chi connectivity index (χ3n) is 5.22. The Bertz CT molecular complexity index is 1020. The number of amides is 2. The van der Waals surface area contributed by atoms with Crippen molar-refractivity contribution in [2.75, 3.05) is 31.7 Å². The van der Waals surface area contributed by atoms with Crippen LogP contribution in [0.1, 0.15) is 39.3 Å². The molecule has 0 saturated carbocycles. The monoisotopic (exact) mass is 467 g/mol. The SMILES string of the molecule is CCOC(=O)C1=C(CN(C)c2ccc(OCC)cc2)NC(=O)N[C@H]1c1ccc(OC(C)C)cc1. The number of nitrogens with one attached hydrogen (secondary N) is 2. The van der Waals surface area contributed by atoms with Crippen molar-refractivity contribution in [2.45, 2.75) is 39.8 Å². The van der Waals surface area contributed by atoms with Gasteiger partial charge in [0.2, 0.25) is 0 Å². The lowest BCUT2D eigenvalue weighted by Crippen LogP contribution is -2.48. The van der Waals surface area contributed by atoms with Gasteiger partial charge in [0.25, 0.3) is 0 Å². The molecule has 8 nitrogen and oxygen atoms in total. The second-order valence-electron chi connectivity index (χ2n) is 8.16. The maximum Gasteiger partial charge on any atom is 0.338 e. The molecule has 8 heteroatoms.